The molecule has 182 valence electrons. The molecule has 1 unspecified atom stereocenters. The summed E-state index contributed by atoms with van der Waals surface area (Å²) in [5.74, 6) is 0.473. The first kappa shape index (κ1) is 24.5. The summed E-state index contributed by atoms with van der Waals surface area (Å²) in [6.45, 7) is 8.81. The molecule has 4 rings (SSSR count). The molecule has 1 aliphatic carbocycles. The summed E-state index contributed by atoms with van der Waals surface area (Å²) in [7, 11) is 1.64. The number of ketones is 1. The molecule has 6 nitrogen and oxygen atoms in total. The van der Waals surface area contributed by atoms with Gasteiger partial charge in [-0.2, -0.15) is 5.10 Å². The lowest BCUT2D eigenvalue weighted by Gasteiger charge is -2.23. The van der Waals surface area contributed by atoms with Gasteiger partial charge in [0.15, 0.2) is 5.78 Å². The number of benzene rings is 2. The van der Waals surface area contributed by atoms with Gasteiger partial charge in [-0.15, -0.1) is 0 Å². The molecule has 0 fully saturated rings. The van der Waals surface area contributed by atoms with Crippen molar-refractivity contribution in [3.63, 3.8) is 0 Å². The van der Waals surface area contributed by atoms with E-state index >= 15 is 0 Å². The van der Waals surface area contributed by atoms with Crippen LogP contribution in [0.5, 0.6) is 5.75 Å². The Labute approximate surface area is 207 Å². The van der Waals surface area contributed by atoms with Gasteiger partial charge < -0.3 is 10.1 Å². The highest BCUT2D eigenvalue weighted by Crippen LogP contribution is 2.42. The lowest BCUT2D eigenvalue weighted by atomic mass is 9.83. The van der Waals surface area contributed by atoms with Crippen LogP contribution < -0.4 is 10.1 Å². The average Bonchev–Trinajstić information content (AvgIpc) is 3.22. The maximum Gasteiger partial charge on any atom is 0.221 e. The molecule has 0 aliphatic heterocycles. The average molecular weight is 472 g/mol. The van der Waals surface area contributed by atoms with E-state index in [4.69, 9.17) is 9.84 Å². The highest BCUT2D eigenvalue weighted by atomic mass is 16.5. The van der Waals surface area contributed by atoms with E-state index in [1.807, 2.05) is 67.1 Å². The monoisotopic (exact) mass is 471 g/mol. The number of nitrogens with one attached hydrogen (secondary N) is 1. The largest absolute Gasteiger partial charge is 0.497 e. The summed E-state index contributed by atoms with van der Waals surface area (Å²) >= 11 is 0. The van der Waals surface area contributed by atoms with Crippen molar-refractivity contribution in [2.45, 2.75) is 46.5 Å². The number of hydrogen-bond donors (Lipinski definition) is 1. The molecule has 1 aliphatic rings. The van der Waals surface area contributed by atoms with Crippen LogP contribution >= 0.6 is 0 Å². The van der Waals surface area contributed by atoms with Gasteiger partial charge in [0, 0.05) is 24.1 Å². The van der Waals surface area contributed by atoms with Crippen molar-refractivity contribution in [3.05, 3.63) is 71.4 Å². The van der Waals surface area contributed by atoms with Crippen molar-refractivity contribution in [2.75, 3.05) is 13.7 Å². The van der Waals surface area contributed by atoms with Gasteiger partial charge in [-0.1, -0.05) is 32.0 Å². The fourth-order valence-electron chi connectivity index (χ4n) is 4.55. The number of hydrogen-bond acceptors (Lipinski definition) is 4. The Morgan fingerprint density at radius 1 is 1.11 bits per heavy atom. The Morgan fingerprint density at radius 3 is 2.49 bits per heavy atom. The second-order valence-corrected chi connectivity index (χ2v) is 9.55. The molecule has 1 N–H and O–H groups in total. The number of fused-ring (bicyclic) bond motifs is 1. The third kappa shape index (κ3) is 5.06. The number of methoxy groups -OCH3 is 1. The van der Waals surface area contributed by atoms with Crippen molar-refractivity contribution in [2.24, 2.45) is 5.92 Å². The first-order chi connectivity index (χ1) is 16.8. The van der Waals surface area contributed by atoms with Gasteiger partial charge in [-0.25, -0.2) is 4.68 Å². The van der Waals surface area contributed by atoms with Gasteiger partial charge in [-0.3, -0.25) is 9.59 Å². The molecule has 1 atom stereocenters. The highest BCUT2D eigenvalue weighted by Gasteiger charge is 2.36. The van der Waals surface area contributed by atoms with Crippen LogP contribution in [0.4, 0.5) is 0 Å². The van der Waals surface area contributed by atoms with Crippen LogP contribution in [-0.2, 0) is 9.59 Å². The van der Waals surface area contributed by atoms with E-state index < -0.39 is 5.92 Å². The van der Waals surface area contributed by atoms with Gasteiger partial charge in [0.05, 0.1) is 24.4 Å². The Morgan fingerprint density at radius 2 is 1.83 bits per heavy atom. The van der Waals surface area contributed by atoms with Gasteiger partial charge in [-0.05, 0) is 73.7 Å². The molecular weight excluding hydrogens is 438 g/mol. The van der Waals surface area contributed by atoms with E-state index in [0.29, 0.717) is 12.5 Å². The minimum absolute atomic E-state index is 0.0648. The summed E-state index contributed by atoms with van der Waals surface area (Å²) in [6.07, 6.45) is 2.65. The molecular formula is C29H33N3O3. The minimum Gasteiger partial charge on any atom is -0.497 e. The number of aryl methyl sites for hydroxylation is 1. The Balaban J connectivity index is 1.83. The zero-order valence-electron chi connectivity index (χ0n) is 21.1. The molecule has 0 saturated carbocycles. The molecule has 2 aromatic carbocycles. The predicted molar refractivity (Wildman–Crippen MR) is 139 cm³/mol. The van der Waals surface area contributed by atoms with Crippen molar-refractivity contribution in [1.29, 1.82) is 0 Å². The van der Waals surface area contributed by atoms with Crippen LogP contribution in [-0.4, -0.2) is 35.1 Å². The maximum atomic E-state index is 13.3. The topological polar surface area (TPSA) is 73.2 Å². The van der Waals surface area contributed by atoms with E-state index in [-0.39, 0.29) is 18.1 Å². The van der Waals surface area contributed by atoms with Crippen LogP contribution in [0.15, 0.2) is 54.6 Å². The van der Waals surface area contributed by atoms with Gasteiger partial charge >= 0.3 is 0 Å². The summed E-state index contributed by atoms with van der Waals surface area (Å²) in [5.41, 5.74) is 6.20. The molecule has 35 heavy (non-hydrogen) atoms. The number of ether oxygens (including phenoxy) is 1. The zero-order valence-corrected chi connectivity index (χ0v) is 21.1. The number of amides is 1. The Hall–Kier alpha value is -3.67. The number of nitrogens with zero attached hydrogens (tertiary/aromatic N) is 2. The second kappa shape index (κ2) is 10.3. The highest BCUT2D eigenvalue weighted by molar-refractivity contribution is 6.07. The fourth-order valence-corrected chi connectivity index (χ4v) is 4.55. The summed E-state index contributed by atoms with van der Waals surface area (Å²) < 4.78 is 7.19. The zero-order chi connectivity index (χ0) is 25.1. The maximum absolute atomic E-state index is 13.3. The summed E-state index contributed by atoms with van der Waals surface area (Å²) in [4.78, 5) is 26.1. The quantitative estimate of drug-likeness (QED) is 0.472. The van der Waals surface area contributed by atoms with E-state index in [1.54, 1.807) is 13.2 Å². The molecule has 1 aromatic heterocycles. The van der Waals surface area contributed by atoms with E-state index in [9.17, 15) is 9.59 Å². The Bertz CT molecular complexity index is 1270. The smallest absolute Gasteiger partial charge is 0.221 e. The van der Waals surface area contributed by atoms with Crippen LogP contribution in [0.25, 0.3) is 22.5 Å². The van der Waals surface area contributed by atoms with Gasteiger partial charge in [0.2, 0.25) is 5.91 Å². The van der Waals surface area contributed by atoms with Crippen LogP contribution in [0.1, 0.15) is 56.4 Å². The molecule has 0 radical (unpaired) electrons. The standard InChI is InChI=1S/C29H33N3O3/c1-18(2)14-15-30-26(34)17-23-25(33)16-20(4)27-28(21-10-12-22(35-5)13-11-21)31-32(29(23)27)24-9-7-6-8-19(24)3/h6-13,16,18,23H,14-15,17H2,1-5H3,(H,30,34). The van der Waals surface area contributed by atoms with Crippen LogP contribution in [0, 0.1) is 12.8 Å². The number of carbonyl (C=O) groups is 2. The number of rotatable bonds is 8. The van der Waals surface area contributed by atoms with Crippen molar-refractivity contribution >= 4 is 17.3 Å². The normalized spacial score (nSPS) is 15.1. The molecule has 6 heteroatoms. The van der Waals surface area contributed by atoms with Crippen molar-refractivity contribution in [3.8, 4) is 22.7 Å². The summed E-state index contributed by atoms with van der Waals surface area (Å²) in [5, 5.41) is 8.02. The number of carbonyl (C=O) groups excluding carboxylic acids is 2. The molecule has 1 heterocycles. The number of allylic oxidation sites excluding steroid dienone is 2. The molecule has 0 bridgehead atoms. The van der Waals surface area contributed by atoms with Gasteiger partial charge in [0.25, 0.3) is 0 Å². The number of aromatic nitrogens is 2. The SMILES string of the molecule is COc1ccc(-c2nn(-c3ccccc3C)c3c2C(C)=CC(=O)C3CC(=O)NCCC(C)C)cc1. The fraction of sp³-hybridized carbons (Fsp3) is 0.345. The van der Waals surface area contributed by atoms with E-state index in [1.165, 1.54) is 0 Å². The van der Waals surface area contributed by atoms with E-state index in [2.05, 4.69) is 19.2 Å². The summed E-state index contributed by atoms with van der Waals surface area (Å²) in [6, 6.07) is 15.7. The molecule has 1 amide bonds. The van der Waals surface area contributed by atoms with Crippen LogP contribution in [0.3, 0.4) is 0 Å². The molecule has 0 saturated heterocycles. The van der Waals surface area contributed by atoms with E-state index in [0.717, 1.165) is 51.5 Å². The predicted octanol–water partition coefficient (Wildman–Crippen LogP) is 5.48. The third-order valence-corrected chi connectivity index (χ3v) is 6.49. The first-order valence-electron chi connectivity index (χ1n) is 12.1. The molecule has 3 aromatic rings. The van der Waals surface area contributed by atoms with Crippen molar-refractivity contribution < 1.29 is 14.3 Å². The lowest BCUT2D eigenvalue weighted by molar-refractivity contribution is -0.125. The minimum atomic E-state index is -0.605. The lowest BCUT2D eigenvalue weighted by Crippen LogP contribution is -2.30. The van der Waals surface area contributed by atoms with Gasteiger partial charge in [0.1, 0.15) is 11.4 Å². The number of para-hydroxylation sites is 1. The first-order valence-corrected chi connectivity index (χ1v) is 12.1. The third-order valence-electron chi connectivity index (χ3n) is 6.49. The van der Waals surface area contributed by atoms with Crippen molar-refractivity contribution in [1.82, 2.24) is 15.1 Å². The Kier molecular flexibility index (Phi) is 7.20. The van der Waals surface area contributed by atoms with Crippen LogP contribution in [0.2, 0.25) is 0 Å². The second-order valence-electron chi connectivity index (χ2n) is 9.55. The molecule has 0 spiro atoms.